The number of carbonyl (C=O) groups excluding carboxylic acids is 8. The topological polar surface area (TPSA) is 487 Å². The smallest absolute Gasteiger partial charge is 0.338 e. The quantitative estimate of drug-likeness (QED) is 0.00785. The minimum absolute atomic E-state index is 0.0347. The zero-order valence-electron chi connectivity index (χ0n) is 85.9. The van der Waals surface area contributed by atoms with Crippen LogP contribution in [0.15, 0.2) is 79.6 Å². The van der Waals surface area contributed by atoms with Gasteiger partial charge in [-0.3, -0.25) is 47.3 Å². The fourth-order valence-electron chi connectivity index (χ4n) is 19.3. The number of hydrogen-bond donors (Lipinski definition) is 5. The second-order valence-corrected chi connectivity index (χ2v) is 39.5. The van der Waals surface area contributed by atoms with Gasteiger partial charge in [0, 0.05) is 85.0 Å². The van der Waals surface area contributed by atoms with E-state index in [1.165, 1.54) is 104 Å². The maximum Gasteiger partial charge on any atom is 0.338 e. The number of aryl methyl sites for hydroxylation is 9. The van der Waals surface area contributed by atoms with Crippen LogP contribution >= 0.6 is 0 Å². The molecule has 36 nitrogen and oxygen atoms in total. The molecule has 6 aromatic heterocycles. The van der Waals surface area contributed by atoms with Crippen molar-refractivity contribution in [2.24, 2.45) is 0 Å². The predicted molar refractivity (Wildman–Crippen MR) is 538 cm³/mol. The molecule has 0 amide bonds. The highest BCUT2D eigenvalue weighted by molar-refractivity contribution is 5.91. The summed E-state index contributed by atoms with van der Waals surface area (Å²) < 4.78 is 69.0. The molecule has 0 bridgehead atoms. The first-order valence-corrected chi connectivity index (χ1v) is 48.6. The molecule has 10 aromatic rings. The Labute approximate surface area is 839 Å². The monoisotopic (exact) mass is 1980 g/mol. The molecule has 3 saturated heterocycles. The summed E-state index contributed by atoms with van der Waals surface area (Å²) in [5.41, 5.74) is 21.3. The predicted octanol–water partition coefficient (Wildman–Crippen LogP) is 15.9. The minimum Gasteiger partial charge on any atom is -0.461 e. The number of rotatable bonds is 39. The summed E-state index contributed by atoms with van der Waals surface area (Å²) in [5, 5.41) is 21.9. The molecule has 3 fully saturated rings. The lowest BCUT2D eigenvalue weighted by atomic mass is 9.78. The van der Waals surface area contributed by atoms with E-state index in [-0.39, 0.29) is 80.7 Å². The van der Waals surface area contributed by atoms with Gasteiger partial charge in [-0.15, -0.1) is 19.3 Å². The minimum atomic E-state index is -1.74. The first-order chi connectivity index (χ1) is 68.1. The van der Waals surface area contributed by atoms with Crippen molar-refractivity contribution >= 4 is 98.7 Å². The van der Waals surface area contributed by atoms with Crippen molar-refractivity contribution in [3.05, 3.63) is 158 Å². The van der Waals surface area contributed by atoms with Gasteiger partial charge in [0.05, 0.1) is 43.8 Å². The summed E-state index contributed by atoms with van der Waals surface area (Å²) in [6.45, 7) is 32.6. The van der Waals surface area contributed by atoms with Gasteiger partial charge in [0.25, 0.3) is 0 Å². The number of anilines is 3. The number of hydrogen-bond acceptors (Lipinski definition) is 33. The first-order valence-electron chi connectivity index (χ1n) is 48.6. The number of aliphatic hydroxyl groups excluding tert-OH is 2. The Kier molecular flexibility index (Phi) is 36.5. The van der Waals surface area contributed by atoms with Crippen molar-refractivity contribution in [2.75, 3.05) is 37.0 Å². The van der Waals surface area contributed by atoms with E-state index in [0.29, 0.717) is 91.3 Å². The van der Waals surface area contributed by atoms with E-state index in [1.807, 2.05) is 101 Å². The number of imidazole rings is 3. The van der Waals surface area contributed by atoms with E-state index in [4.69, 9.17) is 88.6 Å². The lowest BCUT2D eigenvalue weighted by Gasteiger charge is -2.32. The molecule has 4 aromatic carbocycles. The molecule has 0 saturated carbocycles. The van der Waals surface area contributed by atoms with Crippen LogP contribution in [0.1, 0.15) is 300 Å². The molecule has 8 N–H and O–H groups in total. The van der Waals surface area contributed by atoms with E-state index in [1.54, 1.807) is 76.9 Å². The summed E-state index contributed by atoms with van der Waals surface area (Å²) in [5.74, 6) is 6.57. The van der Waals surface area contributed by atoms with E-state index in [2.05, 4.69) is 69.5 Å². The summed E-state index contributed by atoms with van der Waals surface area (Å²) >= 11 is 0. The number of terminal acetylenes is 3. The highest BCUT2D eigenvalue weighted by Crippen LogP contribution is 2.47. The number of aliphatic hydroxyl groups is 2. The number of esters is 8. The van der Waals surface area contributed by atoms with Crippen LogP contribution in [0.3, 0.4) is 0 Å². The molecule has 768 valence electrons. The zero-order valence-corrected chi connectivity index (χ0v) is 85.9. The SMILES string of the molecule is C#C[C@]1(COC(=O)CC(C)(C)c2c(C)cc(C)cc2OC(C)=O)O[C@@H](n2cnc3c(N)nc(C)nc32)C[C@@H]1O.C#C[C@]1(COC(=O)CC(C)(C)c2c(C)cc(C)cc2OC(C)=O)O[C@@H](n2cnc3c(N)nc(C)nc32)C[C@@H]1OC(=O)CC(C)(C)c1c(C)cc(C)cc1OC(C)=O.C#C[C@]1(COC(=O)c2ccccc2COC(=O)CCCCCCCCCCCCCCC)O[C@@H](n2cnc3c(N)nc(C)nc32)C[C@@H]1O. The number of ether oxygens (including phenoxy) is 11. The molecule has 0 spiro atoms. The van der Waals surface area contributed by atoms with Crippen LogP contribution in [-0.4, -0.2) is 171 Å². The number of unbranched alkanes of at least 4 members (excludes halogenated alkanes) is 12. The zero-order chi connectivity index (χ0) is 105. The van der Waals surface area contributed by atoms with Crippen LogP contribution in [0.2, 0.25) is 0 Å². The lowest BCUT2D eigenvalue weighted by molar-refractivity contribution is -0.168. The van der Waals surface area contributed by atoms with Crippen LogP contribution in [-0.2, 0) is 94.3 Å². The molecule has 144 heavy (non-hydrogen) atoms. The molecule has 0 unspecified atom stereocenters. The van der Waals surface area contributed by atoms with Crippen molar-refractivity contribution in [3.8, 4) is 54.3 Å². The maximum atomic E-state index is 14.0. The Bertz CT molecular complexity index is 6540. The Hall–Kier alpha value is -13.8. The third-order valence-corrected chi connectivity index (χ3v) is 25.8. The molecular formula is C108H135N15O21. The van der Waals surface area contributed by atoms with E-state index in [9.17, 15) is 48.6 Å². The Morgan fingerprint density at radius 2 is 0.771 bits per heavy atom. The number of aromatic nitrogens is 12. The van der Waals surface area contributed by atoms with Crippen molar-refractivity contribution in [3.63, 3.8) is 0 Å². The first kappa shape index (κ1) is 111. The normalized spacial score (nSPS) is 19.2. The molecule has 13 rings (SSSR count). The van der Waals surface area contributed by atoms with Crippen LogP contribution in [0, 0.1) is 99.3 Å². The third-order valence-electron chi connectivity index (χ3n) is 25.8. The number of carbonyl (C=O) groups is 8. The van der Waals surface area contributed by atoms with E-state index in [0.717, 1.165) is 58.2 Å². The van der Waals surface area contributed by atoms with Gasteiger partial charge in [-0.25, -0.2) is 49.7 Å². The summed E-state index contributed by atoms with van der Waals surface area (Å²) in [6.07, 6.45) is 33.1. The summed E-state index contributed by atoms with van der Waals surface area (Å²) in [7, 11) is 0. The second-order valence-electron chi connectivity index (χ2n) is 39.5. The number of benzene rings is 4. The number of fused-ring (bicyclic) bond motifs is 3. The van der Waals surface area contributed by atoms with Gasteiger partial charge >= 0.3 is 47.8 Å². The van der Waals surface area contributed by atoms with Crippen molar-refractivity contribution < 1.29 is 101 Å². The van der Waals surface area contributed by atoms with Crippen molar-refractivity contribution in [1.29, 1.82) is 0 Å². The second kappa shape index (κ2) is 47.6. The molecule has 0 radical (unpaired) electrons. The number of nitrogen functional groups attached to an aromatic ring is 3. The number of nitrogens with zero attached hydrogens (tertiary/aromatic N) is 12. The Morgan fingerprint density at radius 1 is 0.438 bits per heavy atom. The van der Waals surface area contributed by atoms with Crippen LogP contribution in [0.25, 0.3) is 33.5 Å². The molecule has 3 aliphatic rings. The number of nitrogens with two attached hydrogens (primary N) is 3. The molecule has 0 aliphatic carbocycles. The van der Waals surface area contributed by atoms with Gasteiger partial charge in [0.2, 0.25) is 5.60 Å². The third kappa shape index (κ3) is 27.0. The highest BCUT2D eigenvalue weighted by atomic mass is 16.6. The fourth-order valence-corrected chi connectivity index (χ4v) is 19.3. The Balaban J connectivity index is 0.000000209. The van der Waals surface area contributed by atoms with Crippen LogP contribution in [0.4, 0.5) is 17.5 Å². The molecular weight excluding hydrogens is 1840 g/mol. The average molecular weight is 1980 g/mol. The van der Waals surface area contributed by atoms with Crippen LogP contribution < -0.4 is 31.4 Å². The largest absolute Gasteiger partial charge is 0.461 e. The summed E-state index contributed by atoms with van der Waals surface area (Å²) in [4.78, 5) is 141. The highest BCUT2D eigenvalue weighted by Gasteiger charge is 2.55. The van der Waals surface area contributed by atoms with Crippen LogP contribution in [0.5, 0.6) is 17.2 Å². The molecule has 9 atom stereocenters. The summed E-state index contributed by atoms with van der Waals surface area (Å²) in [6, 6.07) is 17.9. The lowest BCUT2D eigenvalue weighted by Crippen LogP contribution is -2.46. The molecule has 36 heteroatoms. The molecule has 3 aliphatic heterocycles. The van der Waals surface area contributed by atoms with Gasteiger partial charge in [0.1, 0.15) is 115 Å². The van der Waals surface area contributed by atoms with Gasteiger partial charge in [-0.2, -0.15) is 0 Å². The average Bonchev–Trinajstić information content (AvgIpc) is 1.67. The van der Waals surface area contributed by atoms with Gasteiger partial charge in [-0.1, -0.05) is 180 Å². The van der Waals surface area contributed by atoms with E-state index >= 15 is 0 Å². The van der Waals surface area contributed by atoms with E-state index < -0.39 is 125 Å². The fraction of sp³-hybridized carbons (Fsp3) is 0.509. The van der Waals surface area contributed by atoms with Crippen molar-refractivity contribution in [2.45, 2.75) is 337 Å². The maximum absolute atomic E-state index is 14.0. The van der Waals surface area contributed by atoms with Gasteiger partial charge < -0.3 is 79.5 Å². The standard InChI is InChI=1S/C43H51N5O9.C37H51N5O6.C28H33N5O6/c1-13-43(21-53-34(51)19-41(9,10)36-25(4)14-23(2)16-30(36)54-28(7)49)32(18-33(57-43)48-22-45-38-39(44)46-27(6)47-40(38)48)56-35(52)20-42(11,12)37-26(5)15-24(3)17-31(37)55-29(8)50;1-4-6-7-8-9-10-11-12-13-14-15-16-17-22-32(44)46-24-28-20-18-19-21-29(28)36(45)47-25-37(5-2)30(43)23-31(48-37)42-26-39-33-34(38)40-27(3)41-35(33)42;1-8-28(20(35)11-21(39-28)33-14-30-24-25(29)31-17(4)32-26(24)33)13-37-22(36)12-27(6,7)23-16(3)9-15(2)10-19(23)38-18(5)34/h1,14-17,22,32-33H,18-21H2,2-12H3,(H2,44,46,47);2,18-21,26,30-31,43H,4,6-17,22-25H2,1,3H3,(H2,38,40,41);1,9-10,14,20-21,35H,11-13H2,2-7H3,(H2,29,31,32)/t32-,33+,43+;30-,31+,37+;20-,21+,28+/m000/s1. The van der Waals surface area contributed by atoms with Crippen molar-refractivity contribution in [1.82, 2.24) is 58.6 Å². The van der Waals surface area contributed by atoms with Gasteiger partial charge in [0.15, 0.2) is 45.6 Å². The molecule has 9 heterocycles. The Morgan fingerprint density at radius 3 is 1.14 bits per heavy atom. The van der Waals surface area contributed by atoms with Gasteiger partial charge in [-0.05, 0) is 126 Å².